The van der Waals surface area contributed by atoms with Crippen LogP contribution in [0.1, 0.15) is 33.6 Å². The quantitative estimate of drug-likeness (QED) is 0.789. The average molecular weight is 241 g/mol. The zero-order valence-electron chi connectivity index (χ0n) is 12.6. The molecule has 1 rings (SSSR count). The first-order valence-electron chi connectivity index (χ1n) is 6.90. The summed E-state index contributed by atoms with van der Waals surface area (Å²) in [6, 6.07) is 1.33. The van der Waals surface area contributed by atoms with Crippen molar-refractivity contribution in [2.45, 2.75) is 45.7 Å². The van der Waals surface area contributed by atoms with E-state index in [1.807, 2.05) is 0 Å². The maximum Gasteiger partial charge on any atom is 0.0240 e. The van der Waals surface area contributed by atoms with Crippen LogP contribution < -0.4 is 5.32 Å². The van der Waals surface area contributed by atoms with Crippen molar-refractivity contribution in [2.75, 3.05) is 40.8 Å². The molecule has 2 unspecified atom stereocenters. The summed E-state index contributed by atoms with van der Waals surface area (Å²) in [5.74, 6) is 0. The van der Waals surface area contributed by atoms with Crippen LogP contribution in [-0.2, 0) is 0 Å². The molecule has 3 heteroatoms. The molecule has 1 aliphatic heterocycles. The molecular weight excluding hydrogens is 210 g/mol. The van der Waals surface area contributed by atoms with Crippen molar-refractivity contribution < 1.29 is 0 Å². The van der Waals surface area contributed by atoms with Gasteiger partial charge in [0.25, 0.3) is 0 Å². The van der Waals surface area contributed by atoms with Crippen LogP contribution in [0.5, 0.6) is 0 Å². The van der Waals surface area contributed by atoms with Crippen LogP contribution in [0, 0.1) is 5.41 Å². The summed E-state index contributed by atoms with van der Waals surface area (Å²) in [4.78, 5) is 4.99. The van der Waals surface area contributed by atoms with E-state index < -0.39 is 0 Å². The van der Waals surface area contributed by atoms with Gasteiger partial charge in [0.1, 0.15) is 0 Å². The average Bonchev–Trinajstić information content (AvgIpc) is 2.59. The van der Waals surface area contributed by atoms with Crippen molar-refractivity contribution in [1.29, 1.82) is 0 Å². The van der Waals surface area contributed by atoms with E-state index in [1.165, 1.54) is 32.5 Å². The van der Waals surface area contributed by atoms with E-state index in [0.29, 0.717) is 11.5 Å². The second-order valence-corrected chi connectivity index (χ2v) is 6.76. The smallest absolute Gasteiger partial charge is 0.0240 e. The molecule has 0 amide bonds. The van der Waals surface area contributed by atoms with Crippen LogP contribution in [0.15, 0.2) is 0 Å². The van der Waals surface area contributed by atoms with Gasteiger partial charge in [0.15, 0.2) is 0 Å². The molecule has 1 N–H and O–H groups in total. The summed E-state index contributed by atoms with van der Waals surface area (Å²) in [7, 11) is 6.44. The summed E-state index contributed by atoms with van der Waals surface area (Å²) in [6.45, 7) is 10.6. The first-order valence-corrected chi connectivity index (χ1v) is 6.90. The van der Waals surface area contributed by atoms with Gasteiger partial charge >= 0.3 is 0 Å². The first kappa shape index (κ1) is 14.9. The van der Waals surface area contributed by atoms with Gasteiger partial charge in [-0.2, -0.15) is 0 Å². The lowest BCUT2D eigenvalue weighted by molar-refractivity contribution is 0.151. The molecule has 0 saturated carbocycles. The van der Waals surface area contributed by atoms with Crippen LogP contribution in [0.25, 0.3) is 0 Å². The molecule has 1 saturated heterocycles. The number of nitrogens with one attached hydrogen (secondary N) is 1. The minimum atomic E-state index is 0.333. The zero-order chi connectivity index (χ0) is 13.1. The second kappa shape index (κ2) is 6.17. The van der Waals surface area contributed by atoms with Gasteiger partial charge in [-0.3, -0.25) is 4.90 Å². The van der Waals surface area contributed by atoms with Gasteiger partial charge < -0.3 is 10.2 Å². The lowest BCUT2D eigenvalue weighted by Crippen LogP contribution is -2.50. The minimum Gasteiger partial charge on any atom is -0.315 e. The highest BCUT2D eigenvalue weighted by Gasteiger charge is 2.30. The summed E-state index contributed by atoms with van der Waals surface area (Å²) in [5.41, 5.74) is 0.333. The molecular formula is C14H31N3. The van der Waals surface area contributed by atoms with E-state index in [4.69, 9.17) is 0 Å². The van der Waals surface area contributed by atoms with E-state index in [1.54, 1.807) is 0 Å². The fourth-order valence-electron chi connectivity index (χ4n) is 2.80. The highest BCUT2D eigenvalue weighted by molar-refractivity contribution is 4.88. The Bertz CT molecular complexity index is 220. The zero-order valence-corrected chi connectivity index (χ0v) is 12.6. The lowest BCUT2D eigenvalue weighted by Gasteiger charge is -2.36. The van der Waals surface area contributed by atoms with Gasteiger partial charge in [-0.05, 0) is 45.9 Å². The highest BCUT2D eigenvalue weighted by atomic mass is 15.2. The van der Waals surface area contributed by atoms with Gasteiger partial charge in [0.05, 0.1) is 0 Å². The Balaban J connectivity index is 2.54. The molecule has 0 spiro atoms. The van der Waals surface area contributed by atoms with Crippen molar-refractivity contribution in [3.05, 3.63) is 0 Å². The number of nitrogens with zero attached hydrogens (tertiary/aromatic N) is 2. The Morgan fingerprint density at radius 1 is 1.35 bits per heavy atom. The van der Waals surface area contributed by atoms with Gasteiger partial charge in [-0.15, -0.1) is 0 Å². The van der Waals surface area contributed by atoms with E-state index in [9.17, 15) is 0 Å². The largest absolute Gasteiger partial charge is 0.315 e. The third-order valence-corrected chi connectivity index (χ3v) is 3.89. The van der Waals surface area contributed by atoms with Gasteiger partial charge in [0, 0.05) is 25.2 Å². The molecule has 17 heavy (non-hydrogen) atoms. The van der Waals surface area contributed by atoms with Crippen molar-refractivity contribution >= 4 is 0 Å². The number of likely N-dealkylation sites (N-methyl/N-ethyl adjacent to an activating group) is 2. The predicted molar refractivity (Wildman–Crippen MR) is 75.5 cm³/mol. The van der Waals surface area contributed by atoms with Crippen molar-refractivity contribution in [1.82, 2.24) is 15.1 Å². The standard InChI is InChI=1S/C14H31N3/c1-14(2,3)13(15-4)11-17-9-7-8-12(17)10-16(5)6/h12-13,15H,7-11H2,1-6H3. The minimum absolute atomic E-state index is 0.333. The number of rotatable bonds is 5. The van der Waals surface area contributed by atoms with E-state index >= 15 is 0 Å². The monoisotopic (exact) mass is 241 g/mol. The highest BCUT2D eigenvalue weighted by Crippen LogP contribution is 2.24. The Morgan fingerprint density at radius 3 is 2.47 bits per heavy atom. The molecule has 1 aliphatic rings. The molecule has 1 fully saturated rings. The Morgan fingerprint density at radius 2 is 2.00 bits per heavy atom. The molecule has 0 aromatic heterocycles. The van der Waals surface area contributed by atoms with E-state index in [2.05, 4.69) is 57.0 Å². The summed E-state index contributed by atoms with van der Waals surface area (Å²) in [6.07, 6.45) is 2.72. The Kier molecular flexibility index (Phi) is 5.42. The summed E-state index contributed by atoms with van der Waals surface area (Å²) >= 11 is 0. The molecule has 3 nitrogen and oxygen atoms in total. The lowest BCUT2D eigenvalue weighted by atomic mass is 9.86. The third-order valence-electron chi connectivity index (χ3n) is 3.89. The van der Waals surface area contributed by atoms with E-state index in [0.717, 1.165) is 6.04 Å². The van der Waals surface area contributed by atoms with Crippen LogP contribution in [-0.4, -0.2) is 62.7 Å². The molecule has 1 heterocycles. The topological polar surface area (TPSA) is 18.5 Å². The van der Waals surface area contributed by atoms with E-state index in [-0.39, 0.29) is 0 Å². The Labute approximate surface area is 108 Å². The second-order valence-electron chi connectivity index (χ2n) is 6.76. The number of likely N-dealkylation sites (tertiary alicyclic amines) is 1. The van der Waals surface area contributed by atoms with Crippen molar-refractivity contribution in [3.63, 3.8) is 0 Å². The third kappa shape index (κ3) is 4.57. The molecule has 0 aliphatic carbocycles. The van der Waals surface area contributed by atoms with Crippen molar-refractivity contribution in [3.8, 4) is 0 Å². The van der Waals surface area contributed by atoms with Crippen LogP contribution in [0.4, 0.5) is 0 Å². The van der Waals surface area contributed by atoms with Gasteiger partial charge in [-0.1, -0.05) is 20.8 Å². The van der Waals surface area contributed by atoms with Gasteiger partial charge in [-0.25, -0.2) is 0 Å². The first-order chi connectivity index (χ1) is 7.84. The number of hydrogen-bond donors (Lipinski definition) is 1. The van der Waals surface area contributed by atoms with Crippen LogP contribution in [0.3, 0.4) is 0 Å². The van der Waals surface area contributed by atoms with Crippen LogP contribution >= 0.6 is 0 Å². The normalized spacial score (nSPS) is 24.5. The Hall–Kier alpha value is -0.120. The maximum absolute atomic E-state index is 3.49. The molecule has 2 atom stereocenters. The van der Waals surface area contributed by atoms with Crippen molar-refractivity contribution in [2.24, 2.45) is 5.41 Å². The SMILES string of the molecule is CNC(CN1CCCC1CN(C)C)C(C)(C)C. The van der Waals surface area contributed by atoms with Crippen LogP contribution in [0.2, 0.25) is 0 Å². The predicted octanol–water partition coefficient (Wildman–Crippen LogP) is 1.65. The van der Waals surface area contributed by atoms with Gasteiger partial charge in [0.2, 0.25) is 0 Å². The number of hydrogen-bond acceptors (Lipinski definition) is 3. The molecule has 0 aromatic rings. The molecule has 0 radical (unpaired) electrons. The molecule has 0 aromatic carbocycles. The molecule has 0 bridgehead atoms. The summed E-state index contributed by atoms with van der Waals surface area (Å²) < 4.78 is 0. The molecule has 102 valence electrons. The summed E-state index contributed by atoms with van der Waals surface area (Å²) in [5, 5.41) is 3.49. The fraction of sp³-hybridized carbons (Fsp3) is 1.00. The fourth-order valence-corrected chi connectivity index (χ4v) is 2.80. The maximum atomic E-state index is 3.49.